The van der Waals surface area contributed by atoms with Crippen LogP contribution in [0.5, 0.6) is 0 Å². The van der Waals surface area contributed by atoms with Gasteiger partial charge in [0.25, 0.3) is 5.91 Å². The molecule has 0 aliphatic carbocycles. The first-order valence-corrected chi connectivity index (χ1v) is 9.36. The number of rotatable bonds is 4. The van der Waals surface area contributed by atoms with Crippen LogP contribution in [0.4, 0.5) is 5.69 Å². The molecule has 1 heterocycles. The fraction of sp³-hybridized carbons (Fsp3) is 0.364. The van der Waals surface area contributed by atoms with E-state index in [2.05, 4.69) is 5.32 Å². The number of anilines is 1. The normalized spacial score (nSPS) is 14.9. The number of piperidine rings is 1. The van der Waals surface area contributed by atoms with E-state index in [1.807, 2.05) is 61.2 Å². The van der Waals surface area contributed by atoms with E-state index in [1.165, 1.54) is 0 Å². The van der Waals surface area contributed by atoms with Crippen molar-refractivity contribution in [2.45, 2.75) is 39.2 Å². The zero-order chi connectivity index (χ0) is 19.4. The summed E-state index contributed by atoms with van der Waals surface area (Å²) in [5, 5.41) is 12.4. The van der Waals surface area contributed by atoms with Gasteiger partial charge in [0.05, 0.1) is 12.5 Å². The van der Waals surface area contributed by atoms with Crippen molar-refractivity contribution in [3.05, 3.63) is 64.7 Å². The number of carbonyl (C=O) groups is 2. The molecule has 0 unspecified atom stereocenters. The van der Waals surface area contributed by atoms with E-state index in [-0.39, 0.29) is 17.9 Å². The number of amides is 2. The molecular formula is C22H26N2O3. The summed E-state index contributed by atoms with van der Waals surface area (Å²) in [4.78, 5) is 26.6. The number of likely N-dealkylation sites (tertiary alicyclic amines) is 1. The number of hydrogen-bond donors (Lipinski definition) is 2. The summed E-state index contributed by atoms with van der Waals surface area (Å²) in [7, 11) is 0. The second-order valence-corrected chi connectivity index (χ2v) is 7.26. The highest BCUT2D eigenvalue weighted by atomic mass is 16.3. The van der Waals surface area contributed by atoms with E-state index < -0.39 is 0 Å². The lowest BCUT2D eigenvalue weighted by Crippen LogP contribution is -2.40. The third kappa shape index (κ3) is 4.95. The minimum atomic E-state index is -0.283. The zero-order valence-electron chi connectivity index (χ0n) is 15.9. The molecule has 0 aromatic heterocycles. The van der Waals surface area contributed by atoms with Gasteiger partial charge in [-0.2, -0.15) is 0 Å². The lowest BCUT2D eigenvalue weighted by molar-refractivity contribution is -0.132. The van der Waals surface area contributed by atoms with Gasteiger partial charge >= 0.3 is 0 Å². The second-order valence-electron chi connectivity index (χ2n) is 7.26. The summed E-state index contributed by atoms with van der Waals surface area (Å²) >= 11 is 0. The van der Waals surface area contributed by atoms with Crippen LogP contribution in [-0.2, 0) is 11.2 Å². The molecule has 1 saturated heterocycles. The Labute approximate surface area is 160 Å². The Morgan fingerprint density at radius 1 is 1.07 bits per heavy atom. The Morgan fingerprint density at radius 3 is 2.37 bits per heavy atom. The van der Waals surface area contributed by atoms with Gasteiger partial charge in [-0.3, -0.25) is 9.59 Å². The minimum Gasteiger partial charge on any atom is -0.393 e. The molecule has 2 aromatic rings. The standard InChI is InChI=1S/C22H26N2O3/c1-15-3-8-20(16(2)13-15)22(27)23-18-6-4-17(5-7-18)14-21(26)24-11-9-19(25)10-12-24/h3-8,13,19,25H,9-12,14H2,1-2H3,(H,23,27). The second kappa shape index (κ2) is 8.35. The maximum absolute atomic E-state index is 12.4. The predicted molar refractivity (Wildman–Crippen MR) is 106 cm³/mol. The zero-order valence-corrected chi connectivity index (χ0v) is 15.9. The number of aliphatic hydroxyl groups excluding tert-OH is 1. The maximum Gasteiger partial charge on any atom is 0.255 e. The van der Waals surface area contributed by atoms with E-state index in [0.29, 0.717) is 43.6 Å². The number of benzene rings is 2. The molecule has 2 N–H and O–H groups in total. The molecule has 2 amide bonds. The number of carbonyl (C=O) groups excluding carboxylic acids is 2. The molecule has 0 saturated carbocycles. The van der Waals surface area contributed by atoms with Crippen LogP contribution in [0.15, 0.2) is 42.5 Å². The van der Waals surface area contributed by atoms with Crippen LogP contribution >= 0.6 is 0 Å². The third-order valence-electron chi connectivity index (χ3n) is 5.01. The van der Waals surface area contributed by atoms with Gasteiger partial charge in [-0.05, 0) is 56.0 Å². The lowest BCUT2D eigenvalue weighted by atomic mass is 10.0. The van der Waals surface area contributed by atoms with Crippen LogP contribution in [0.2, 0.25) is 0 Å². The highest BCUT2D eigenvalue weighted by molar-refractivity contribution is 6.05. The van der Waals surface area contributed by atoms with Crippen molar-refractivity contribution in [3.8, 4) is 0 Å². The molecule has 5 nitrogen and oxygen atoms in total. The highest BCUT2D eigenvalue weighted by Crippen LogP contribution is 2.16. The Hall–Kier alpha value is -2.66. The molecule has 5 heteroatoms. The predicted octanol–water partition coefficient (Wildman–Crippen LogP) is 3.08. The lowest BCUT2D eigenvalue weighted by Gasteiger charge is -2.29. The summed E-state index contributed by atoms with van der Waals surface area (Å²) < 4.78 is 0. The minimum absolute atomic E-state index is 0.0777. The van der Waals surface area contributed by atoms with Crippen molar-refractivity contribution >= 4 is 17.5 Å². The Balaban J connectivity index is 1.58. The number of aliphatic hydroxyl groups is 1. The Kier molecular flexibility index (Phi) is 5.91. The molecule has 1 aliphatic rings. The molecule has 0 atom stereocenters. The van der Waals surface area contributed by atoms with Crippen LogP contribution in [-0.4, -0.2) is 41.0 Å². The first-order valence-electron chi connectivity index (χ1n) is 9.36. The maximum atomic E-state index is 12.4. The molecule has 0 radical (unpaired) electrons. The van der Waals surface area contributed by atoms with Crippen LogP contribution in [0.1, 0.15) is 39.9 Å². The average molecular weight is 366 g/mol. The Bertz CT molecular complexity index is 822. The van der Waals surface area contributed by atoms with Gasteiger partial charge < -0.3 is 15.3 Å². The SMILES string of the molecule is Cc1ccc(C(=O)Nc2ccc(CC(=O)N3CCC(O)CC3)cc2)c(C)c1. The third-order valence-corrected chi connectivity index (χ3v) is 5.01. The molecular weight excluding hydrogens is 340 g/mol. The number of aryl methyl sites for hydroxylation is 2. The monoisotopic (exact) mass is 366 g/mol. The Morgan fingerprint density at radius 2 is 1.74 bits per heavy atom. The van der Waals surface area contributed by atoms with Gasteiger partial charge in [0, 0.05) is 24.3 Å². The van der Waals surface area contributed by atoms with Crippen molar-refractivity contribution in [2.75, 3.05) is 18.4 Å². The first-order chi connectivity index (χ1) is 12.9. The van der Waals surface area contributed by atoms with Gasteiger partial charge in [-0.1, -0.05) is 29.8 Å². The molecule has 27 heavy (non-hydrogen) atoms. The van der Waals surface area contributed by atoms with Crippen LogP contribution in [0.25, 0.3) is 0 Å². The average Bonchev–Trinajstić information content (AvgIpc) is 2.63. The van der Waals surface area contributed by atoms with Crippen LogP contribution in [0.3, 0.4) is 0 Å². The van der Waals surface area contributed by atoms with Crippen molar-refractivity contribution in [2.24, 2.45) is 0 Å². The fourth-order valence-corrected chi connectivity index (χ4v) is 3.37. The molecule has 3 rings (SSSR count). The molecule has 0 spiro atoms. The van der Waals surface area contributed by atoms with E-state index in [9.17, 15) is 14.7 Å². The topological polar surface area (TPSA) is 69.6 Å². The van der Waals surface area contributed by atoms with Gasteiger partial charge in [-0.25, -0.2) is 0 Å². The van der Waals surface area contributed by atoms with Gasteiger partial charge in [-0.15, -0.1) is 0 Å². The van der Waals surface area contributed by atoms with E-state index in [4.69, 9.17) is 0 Å². The molecule has 1 aliphatic heterocycles. The largest absolute Gasteiger partial charge is 0.393 e. The summed E-state index contributed by atoms with van der Waals surface area (Å²) in [6.07, 6.45) is 1.35. The summed E-state index contributed by atoms with van der Waals surface area (Å²) in [6, 6.07) is 13.1. The fourth-order valence-electron chi connectivity index (χ4n) is 3.37. The van der Waals surface area contributed by atoms with Crippen molar-refractivity contribution in [1.82, 2.24) is 4.90 Å². The molecule has 0 bridgehead atoms. The molecule has 1 fully saturated rings. The summed E-state index contributed by atoms with van der Waals surface area (Å²) in [6.45, 7) is 5.16. The number of hydrogen-bond acceptors (Lipinski definition) is 3. The van der Waals surface area contributed by atoms with Crippen molar-refractivity contribution in [3.63, 3.8) is 0 Å². The quantitative estimate of drug-likeness (QED) is 0.874. The first kappa shape index (κ1) is 19.1. The number of nitrogens with one attached hydrogen (secondary N) is 1. The summed E-state index contributed by atoms with van der Waals surface area (Å²) in [5.41, 5.74) is 4.35. The van der Waals surface area contributed by atoms with E-state index in [1.54, 1.807) is 0 Å². The van der Waals surface area contributed by atoms with Crippen molar-refractivity contribution < 1.29 is 14.7 Å². The smallest absolute Gasteiger partial charge is 0.255 e. The van der Waals surface area contributed by atoms with Crippen molar-refractivity contribution in [1.29, 1.82) is 0 Å². The van der Waals surface area contributed by atoms with Crippen LogP contribution < -0.4 is 5.32 Å². The van der Waals surface area contributed by atoms with Gasteiger partial charge in [0.15, 0.2) is 0 Å². The van der Waals surface area contributed by atoms with Crippen LogP contribution in [0, 0.1) is 13.8 Å². The number of nitrogens with zero attached hydrogens (tertiary/aromatic N) is 1. The molecule has 142 valence electrons. The summed E-state index contributed by atoms with van der Waals surface area (Å²) in [5.74, 6) is -0.0582. The van der Waals surface area contributed by atoms with E-state index in [0.717, 1.165) is 16.7 Å². The van der Waals surface area contributed by atoms with Gasteiger partial charge in [0.2, 0.25) is 5.91 Å². The molecule has 2 aromatic carbocycles. The van der Waals surface area contributed by atoms with Gasteiger partial charge in [0.1, 0.15) is 0 Å². The van der Waals surface area contributed by atoms with E-state index >= 15 is 0 Å². The highest BCUT2D eigenvalue weighted by Gasteiger charge is 2.21.